The fourth-order valence-corrected chi connectivity index (χ4v) is 3.69. The molecule has 0 aliphatic carbocycles. The molecule has 0 spiro atoms. The van der Waals surface area contributed by atoms with Crippen molar-refractivity contribution in [3.8, 4) is 0 Å². The maximum Gasteiger partial charge on any atom is 0.243 e. The Bertz CT molecular complexity index is 465. The van der Waals surface area contributed by atoms with E-state index in [9.17, 15) is 8.42 Å². The van der Waals surface area contributed by atoms with Crippen LogP contribution in [-0.2, 0) is 10.0 Å². The van der Waals surface area contributed by atoms with E-state index in [1.54, 1.807) is 28.6 Å². The average molecular weight is 268 g/mol. The van der Waals surface area contributed by atoms with E-state index < -0.39 is 10.0 Å². The normalized spacial score (nSPS) is 18.9. The second-order valence-electron chi connectivity index (χ2n) is 4.56. The van der Waals surface area contributed by atoms with E-state index in [-0.39, 0.29) is 0 Å². The summed E-state index contributed by atoms with van der Waals surface area (Å²) in [7, 11) is -3.29. The van der Waals surface area contributed by atoms with Gasteiger partial charge in [0.05, 0.1) is 4.90 Å². The molecular weight excluding hydrogens is 248 g/mol. The molecule has 0 atom stereocenters. The first-order valence-electron chi connectivity index (χ1n) is 6.42. The summed E-state index contributed by atoms with van der Waals surface area (Å²) in [6.07, 6.45) is 1.12. The minimum Gasteiger partial charge on any atom is -0.301 e. The molecule has 1 aromatic carbocycles. The molecule has 1 fully saturated rings. The standard InChI is InChI=1S/C13H20N2O2S/c1-2-8-14-9-11-15(12-10-14)18(16,17)13-6-4-3-5-7-13/h3-7H,2,8-12H2,1H3. The zero-order valence-electron chi connectivity index (χ0n) is 10.7. The van der Waals surface area contributed by atoms with E-state index in [1.165, 1.54) is 0 Å². The lowest BCUT2D eigenvalue weighted by atomic mass is 10.3. The second kappa shape index (κ2) is 5.82. The summed E-state index contributed by atoms with van der Waals surface area (Å²) in [4.78, 5) is 2.71. The topological polar surface area (TPSA) is 40.6 Å². The highest BCUT2D eigenvalue weighted by Crippen LogP contribution is 2.17. The van der Waals surface area contributed by atoms with Gasteiger partial charge in [0.25, 0.3) is 0 Å². The third kappa shape index (κ3) is 2.91. The van der Waals surface area contributed by atoms with Crippen LogP contribution < -0.4 is 0 Å². The summed E-state index contributed by atoms with van der Waals surface area (Å²) in [5, 5.41) is 0. The molecule has 1 aliphatic heterocycles. The molecule has 0 unspecified atom stereocenters. The van der Waals surface area contributed by atoms with Gasteiger partial charge in [-0.2, -0.15) is 4.31 Å². The van der Waals surface area contributed by atoms with Gasteiger partial charge in [0.15, 0.2) is 0 Å². The zero-order chi connectivity index (χ0) is 13.0. The lowest BCUT2D eigenvalue weighted by molar-refractivity contribution is 0.188. The highest BCUT2D eigenvalue weighted by atomic mass is 32.2. The maximum absolute atomic E-state index is 12.4. The number of rotatable bonds is 4. The van der Waals surface area contributed by atoms with Gasteiger partial charge in [0, 0.05) is 26.2 Å². The van der Waals surface area contributed by atoms with Gasteiger partial charge in [-0.05, 0) is 25.1 Å². The molecule has 2 rings (SSSR count). The Morgan fingerprint density at radius 3 is 2.22 bits per heavy atom. The van der Waals surface area contributed by atoms with Crippen LogP contribution in [-0.4, -0.2) is 50.3 Å². The van der Waals surface area contributed by atoms with Crippen molar-refractivity contribution < 1.29 is 8.42 Å². The van der Waals surface area contributed by atoms with Crippen molar-refractivity contribution in [1.82, 2.24) is 9.21 Å². The summed E-state index contributed by atoms with van der Waals surface area (Å²) in [5.74, 6) is 0. The first-order valence-corrected chi connectivity index (χ1v) is 7.86. The summed E-state index contributed by atoms with van der Waals surface area (Å²) in [5.41, 5.74) is 0. The Hall–Kier alpha value is -0.910. The summed E-state index contributed by atoms with van der Waals surface area (Å²) in [6.45, 7) is 6.06. The third-order valence-corrected chi connectivity index (χ3v) is 5.16. The van der Waals surface area contributed by atoms with Crippen molar-refractivity contribution in [1.29, 1.82) is 0 Å². The summed E-state index contributed by atoms with van der Waals surface area (Å²) >= 11 is 0. The largest absolute Gasteiger partial charge is 0.301 e. The van der Waals surface area contributed by atoms with Gasteiger partial charge in [-0.25, -0.2) is 8.42 Å². The van der Waals surface area contributed by atoms with E-state index in [1.807, 2.05) is 6.07 Å². The number of nitrogens with zero attached hydrogens (tertiary/aromatic N) is 2. The molecule has 0 radical (unpaired) electrons. The first-order chi connectivity index (χ1) is 8.64. The van der Waals surface area contributed by atoms with Crippen LogP contribution in [0.1, 0.15) is 13.3 Å². The lowest BCUT2D eigenvalue weighted by Gasteiger charge is -2.33. The molecule has 1 saturated heterocycles. The van der Waals surface area contributed by atoms with Crippen LogP contribution in [0.25, 0.3) is 0 Å². The molecule has 0 bridgehead atoms. The first kappa shape index (κ1) is 13.5. The van der Waals surface area contributed by atoms with Crippen molar-refractivity contribution in [3.05, 3.63) is 30.3 Å². The van der Waals surface area contributed by atoms with Gasteiger partial charge in [-0.1, -0.05) is 25.1 Å². The van der Waals surface area contributed by atoms with E-state index in [0.29, 0.717) is 18.0 Å². The van der Waals surface area contributed by atoms with E-state index >= 15 is 0 Å². The van der Waals surface area contributed by atoms with Crippen LogP contribution >= 0.6 is 0 Å². The van der Waals surface area contributed by atoms with Gasteiger partial charge in [0.1, 0.15) is 0 Å². The molecular formula is C13H20N2O2S. The monoisotopic (exact) mass is 268 g/mol. The Morgan fingerprint density at radius 2 is 1.67 bits per heavy atom. The van der Waals surface area contributed by atoms with Crippen LogP contribution in [0.4, 0.5) is 0 Å². The molecule has 1 aromatic rings. The van der Waals surface area contributed by atoms with E-state index in [0.717, 1.165) is 26.1 Å². The fraction of sp³-hybridized carbons (Fsp3) is 0.538. The van der Waals surface area contributed by atoms with Crippen molar-refractivity contribution in [2.75, 3.05) is 32.7 Å². The number of piperazine rings is 1. The van der Waals surface area contributed by atoms with Crippen LogP contribution in [0.2, 0.25) is 0 Å². The summed E-state index contributed by atoms with van der Waals surface area (Å²) < 4.78 is 26.3. The molecule has 0 saturated carbocycles. The quantitative estimate of drug-likeness (QED) is 0.829. The van der Waals surface area contributed by atoms with Gasteiger partial charge < -0.3 is 4.90 Å². The van der Waals surface area contributed by atoms with E-state index in [2.05, 4.69) is 11.8 Å². The van der Waals surface area contributed by atoms with E-state index in [4.69, 9.17) is 0 Å². The van der Waals surface area contributed by atoms with Gasteiger partial charge >= 0.3 is 0 Å². The molecule has 4 nitrogen and oxygen atoms in total. The minimum atomic E-state index is -3.29. The Kier molecular flexibility index (Phi) is 4.37. The molecule has 1 aliphatic rings. The number of benzene rings is 1. The van der Waals surface area contributed by atoms with Crippen molar-refractivity contribution in [2.45, 2.75) is 18.2 Å². The SMILES string of the molecule is CCCN1CCN(S(=O)(=O)c2ccccc2)CC1. The smallest absolute Gasteiger partial charge is 0.243 e. The van der Waals surface area contributed by atoms with Crippen LogP contribution in [0.15, 0.2) is 35.2 Å². The van der Waals surface area contributed by atoms with Crippen molar-refractivity contribution in [2.24, 2.45) is 0 Å². The highest BCUT2D eigenvalue weighted by molar-refractivity contribution is 7.89. The van der Waals surface area contributed by atoms with Crippen molar-refractivity contribution in [3.63, 3.8) is 0 Å². The lowest BCUT2D eigenvalue weighted by Crippen LogP contribution is -2.48. The Morgan fingerprint density at radius 1 is 1.06 bits per heavy atom. The maximum atomic E-state index is 12.4. The molecule has 1 heterocycles. The molecule has 0 N–H and O–H groups in total. The Balaban J connectivity index is 2.05. The predicted molar refractivity (Wildman–Crippen MR) is 71.9 cm³/mol. The average Bonchev–Trinajstić information content (AvgIpc) is 2.41. The second-order valence-corrected chi connectivity index (χ2v) is 6.50. The number of hydrogen-bond acceptors (Lipinski definition) is 3. The van der Waals surface area contributed by atoms with Gasteiger partial charge in [-0.15, -0.1) is 0 Å². The van der Waals surface area contributed by atoms with Crippen molar-refractivity contribution >= 4 is 10.0 Å². The zero-order valence-corrected chi connectivity index (χ0v) is 11.6. The highest BCUT2D eigenvalue weighted by Gasteiger charge is 2.27. The summed E-state index contributed by atoms with van der Waals surface area (Å²) in [6, 6.07) is 8.68. The van der Waals surface area contributed by atoms with Gasteiger partial charge in [-0.3, -0.25) is 0 Å². The Labute approximate surface area is 109 Å². The molecule has 0 aromatic heterocycles. The molecule has 100 valence electrons. The van der Waals surface area contributed by atoms with Gasteiger partial charge in [0.2, 0.25) is 10.0 Å². The predicted octanol–water partition coefficient (Wildman–Crippen LogP) is 1.40. The number of sulfonamides is 1. The third-order valence-electron chi connectivity index (χ3n) is 3.25. The fourth-order valence-electron chi connectivity index (χ4n) is 2.25. The van der Waals surface area contributed by atoms with Crippen LogP contribution in [0, 0.1) is 0 Å². The minimum absolute atomic E-state index is 0.397. The molecule has 18 heavy (non-hydrogen) atoms. The van der Waals surface area contributed by atoms with Crippen LogP contribution in [0.3, 0.4) is 0 Å². The molecule has 0 amide bonds. The molecule has 5 heteroatoms. The van der Waals surface area contributed by atoms with Crippen LogP contribution in [0.5, 0.6) is 0 Å². The number of hydrogen-bond donors (Lipinski definition) is 0.